The van der Waals surface area contributed by atoms with Crippen LogP contribution >= 0.6 is 7.60 Å². The third-order valence-corrected chi connectivity index (χ3v) is 4.05. The molecule has 0 aromatic heterocycles. The second-order valence-electron chi connectivity index (χ2n) is 5.06. The molecule has 0 rings (SSSR count). The van der Waals surface area contributed by atoms with Crippen molar-refractivity contribution in [1.82, 2.24) is 0 Å². The van der Waals surface area contributed by atoms with Crippen LogP contribution < -0.4 is 17.2 Å². The highest BCUT2D eigenvalue weighted by molar-refractivity contribution is 7.56. The molecule has 0 aliphatic rings. The molecule has 0 aliphatic heterocycles. The minimum Gasteiger partial charge on any atom is -0.322 e. The maximum atomic E-state index is 12.1. The number of ketones is 2. The van der Waals surface area contributed by atoms with E-state index in [4.69, 9.17) is 17.2 Å². The Balaban J connectivity index is 5.59. The maximum Gasteiger partial charge on any atom is 0.360 e. The number of nitrogens with two attached hydrogens (primary N) is 3. The van der Waals surface area contributed by atoms with Crippen molar-refractivity contribution in [3.05, 3.63) is 0 Å². The Bertz CT molecular complexity index is 406. The van der Waals surface area contributed by atoms with E-state index >= 15 is 0 Å². The molecule has 0 aliphatic carbocycles. The Labute approximate surface area is 111 Å². The molecule has 0 saturated heterocycles. The van der Waals surface area contributed by atoms with E-state index in [2.05, 4.69) is 0 Å². The van der Waals surface area contributed by atoms with E-state index in [9.17, 15) is 23.9 Å². The summed E-state index contributed by atoms with van der Waals surface area (Å²) in [6.07, 6.45) is 0.157. The fourth-order valence-corrected chi connectivity index (χ4v) is 2.60. The molecule has 0 spiro atoms. The van der Waals surface area contributed by atoms with Gasteiger partial charge in [0.05, 0.1) is 12.1 Å². The highest BCUT2D eigenvalue weighted by Crippen LogP contribution is 2.49. The zero-order valence-corrected chi connectivity index (χ0v) is 12.1. The molecule has 0 amide bonds. The summed E-state index contributed by atoms with van der Waals surface area (Å²) in [5.41, 5.74) is 16.3. The summed E-state index contributed by atoms with van der Waals surface area (Å²) in [6.45, 7) is 4.74. The monoisotopic (exact) mass is 295 g/mol. The Kier molecular flexibility index (Phi) is 6.01. The van der Waals surface area contributed by atoms with E-state index in [1.165, 1.54) is 6.92 Å². The highest BCUT2D eigenvalue weighted by atomic mass is 31.2. The number of Topliss-reactive ketones (excluding diaryl/α,β-unsaturated/α-hetero) is 2. The van der Waals surface area contributed by atoms with Gasteiger partial charge in [0.1, 0.15) is 0 Å². The van der Waals surface area contributed by atoms with Gasteiger partial charge in [0, 0.05) is 0 Å². The predicted molar refractivity (Wildman–Crippen MR) is 70.1 cm³/mol. The fraction of sp³-hybridized carbons (Fsp3) is 0.800. The van der Waals surface area contributed by atoms with Gasteiger partial charge in [-0.1, -0.05) is 13.8 Å². The first kappa shape index (κ1) is 18.4. The van der Waals surface area contributed by atoms with Crippen LogP contribution in [0, 0.1) is 5.92 Å². The lowest BCUT2D eigenvalue weighted by molar-refractivity contribution is -0.133. The van der Waals surface area contributed by atoms with Crippen LogP contribution in [0.3, 0.4) is 0 Å². The lowest BCUT2D eigenvalue weighted by atomic mass is 9.93. The van der Waals surface area contributed by atoms with E-state index in [1.807, 2.05) is 0 Å². The number of rotatable bonds is 7. The van der Waals surface area contributed by atoms with Gasteiger partial charge in [0.15, 0.2) is 11.6 Å². The van der Waals surface area contributed by atoms with Crippen LogP contribution in [-0.4, -0.2) is 38.7 Å². The van der Waals surface area contributed by atoms with Crippen LogP contribution in [0.2, 0.25) is 0 Å². The summed E-state index contributed by atoms with van der Waals surface area (Å²) in [5.74, 6) is -2.40. The van der Waals surface area contributed by atoms with Gasteiger partial charge in [0.2, 0.25) is 5.28 Å². The fourth-order valence-electron chi connectivity index (χ4n) is 1.65. The van der Waals surface area contributed by atoms with Gasteiger partial charge < -0.3 is 27.0 Å². The largest absolute Gasteiger partial charge is 0.360 e. The van der Waals surface area contributed by atoms with Crippen LogP contribution in [0.1, 0.15) is 27.2 Å². The molecule has 0 saturated carbocycles. The lowest BCUT2D eigenvalue weighted by Gasteiger charge is -2.31. The molecule has 8 nitrogen and oxygen atoms in total. The molecule has 0 aromatic carbocycles. The summed E-state index contributed by atoms with van der Waals surface area (Å²) < 4.78 is 11.4. The number of hydrogen-bond donors (Lipinski definition) is 5. The Hall–Kier alpha value is -0.630. The summed E-state index contributed by atoms with van der Waals surface area (Å²) in [5, 5.41) is -2.98. The molecular weight excluding hydrogens is 273 g/mol. The summed E-state index contributed by atoms with van der Waals surface area (Å²) in [4.78, 5) is 42.4. The molecule has 8 N–H and O–H groups in total. The summed E-state index contributed by atoms with van der Waals surface area (Å²) in [6, 6.07) is -2.52. The number of carbonyl (C=O) groups excluding carboxylic acids is 2. The van der Waals surface area contributed by atoms with Crippen molar-refractivity contribution in [2.45, 2.75) is 44.6 Å². The first-order valence-electron chi connectivity index (χ1n) is 5.80. The van der Waals surface area contributed by atoms with E-state index in [-0.39, 0.29) is 12.3 Å². The standard InChI is InChI=1S/C10H22N3O5P/c1-5(2)4-7(12)9(15)10(13,19(16,17)18)8(14)6(3)11/h5-7H,4,11-13H2,1-3H3,(H2,16,17,18)/t6-,7-,10?/m0/s1. The van der Waals surface area contributed by atoms with E-state index in [0.29, 0.717) is 0 Å². The minimum absolute atomic E-state index is 0.00498. The molecule has 0 aromatic rings. The first-order chi connectivity index (χ1) is 8.35. The average molecular weight is 295 g/mol. The van der Waals surface area contributed by atoms with Crippen molar-refractivity contribution in [3.8, 4) is 0 Å². The SMILES string of the molecule is CC(C)C[C@H](N)C(=O)C(N)(C(=O)[C@H](C)N)P(=O)(O)O. The second kappa shape index (κ2) is 6.21. The van der Waals surface area contributed by atoms with Gasteiger partial charge in [-0.3, -0.25) is 14.2 Å². The minimum atomic E-state index is -5.23. The van der Waals surface area contributed by atoms with Gasteiger partial charge in [-0.05, 0) is 19.3 Å². The second-order valence-corrected chi connectivity index (χ2v) is 6.86. The Morgan fingerprint density at radius 2 is 1.58 bits per heavy atom. The molecule has 112 valence electrons. The normalized spacial score (nSPS) is 18.8. The number of carbonyl (C=O) groups is 2. The third-order valence-electron chi connectivity index (χ3n) is 2.69. The zero-order chi connectivity index (χ0) is 15.6. The third kappa shape index (κ3) is 3.92. The topological polar surface area (TPSA) is 170 Å². The summed E-state index contributed by atoms with van der Waals surface area (Å²) >= 11 is 0. The van der Waals surface area contributed by atoms with Crippen molar-refractivity contribution in [2.24, 2.45) is 23.1 Å². The van der Waals surface area contributed by atoms with Gasteiger partial charge >= 0.3 is 7.60 Å². The van der Waals surface area contributed by atoms with E-state index in [0.717, 1.165) is 0 Å². The lowest BCUT2D eigenvalue weighted by Crippen LogP contribution is -2.63. The van der Waals surface area contributed by atoms with Crippen molar-refractivity contribution < 1.29 is 23.9 Å². The molecular formula is C10H22N3O5P. The Morgan fingerprint density at radius 3 is 1.84 bits per heavy atom. The molecule has 0 radical (unpaired) electrons. The van der Waals surface area contributed by atoms with Gasteiger partial charge in [0.25, 0.3) is 0 Å². The zero-order valence-electron chi connectivity index (χ0n) is 11.2. The molecule has 0 fully saturated rings. The van der Waals surface area contributed by atoms with Gasteiger partial charge in [-0.2, -0.15) is 0 Å². The number of hydrogen-bond acceptors (Lipinski definition) is 6. The van der Waals surface area contributed by atoms with Crippen molar-refractivity contribution in [3.63, 3.8) is 0 Å². The summed E-state index contributed by atoms with van der Waals surface area (Å²) in [7, 11) is -5.23. The Morgan fingerprint density at radius 1 is 1.16 bits per heavy atom. The molecule has 3 atom stereocenters. The smallest absolute Gasteiger partial charge is 0.322 e. The van der Waals surface area contributed by atoms with Crippen molar-refractivity contribution in [2.75, 3.05) is 0 Å². The van der Waals surface area contributed by atoms with Gasteiger partial charge in [-0.15, -0.1) is 0 Å². The van der Waals surface area contributed by atoms with Crippen molar-refractivity contribution in [1.29, 1.82) is 0 Å². The quantitative estimate of drug-likeness (QED) is 0.284. The first-order valence-corrected chi connectivity index (χ1v) is 7.41. The molecule has 0 bridgehead atoms. The molecule has 1 unspecified atom stereocenters. The van der Waals surface area contributed by atoms with E-state index in [1.54, 1.807) is 13.8 Å². The van der Waals surface area contributed by atoms with E-state index < -0.39 is 36.5 Å². The van der Waals surface area contributed by atoms with Crippen LogP contribution in [-0.2, 0) is 14.2 Å². The van der Waals surface area contributed by atoms with Crippen LogP contribution in [0.25, 0.3) is 0 Å². The van der Waals surface area contributed by atoms with Crippen LogP contribution in [0.4, 0.5) is 0 Å². The highest BCUT2D eigenvalue weighted by Gasteiger charge is 2.58. The van der Waals surface area contributed by atoms with Crippen molar-refractivity contribution >= 4 is 19.2 Å². The molecule has 9 heteroatoms. The molecule has 0 heterocycles. The predicted octanol–water partition coefficient (Wildman–Crippen LogP) is -1.32. The van der Waals surface area contributed by atoms with Crippen LogP contribution in [0.15, 0.2) is 0 Å². The van der Waals surface area contributed by atoms with Gasteiger partial charge in [-0.25, -0.2) is 0 Å². The molecule has 19 heavy (non-hydrogen) atoms. The average Bonchev–Trinajstić information content (AvgIpc) is 2.23. The maximum absolute atomic E-state index is 12.1. The van der Waals surface area contributed by atoms with Crippen LogP contribution in [0.5, 0.6) is 0 Å².